The van der Waals surface area contributed by atoms with Gasteiger partial charge in [-0.05, 0) is 74.2 Å². The number of carbonyl (C=O) groups excluding carboxylic acids is 3. The second kappa shape index (κ2) is 11.0. The monoisotopic (exact) mass is 576 g/mol. The predicted molar refractivity (Wildman–Crippen MR) is 157 cm³/mol. The van der Waals surface area contributed by atoms with Gasteiger partial charge in [0.2, 0.25) is 5.88 Å². The largest absolute Gasteiger partial charge is 0.480 e. The van der Waals surface area contributed by atoms with Crippen LogP contribution in [0.15, 0.2) is 30.5 Å². The highest BCUT2D eigenvalue weighted by Gasteiger charge is 2.41. The van der Waals surface area contributed by atoms with E-state index in [2.05, 4.69) is 47.4 Å². The Morgan fingerprint density at radius 1 is 1.10 bits per heavy atom. The zero-order valence-corrected chi connectivity index (χ0v) is 24.4. The summed E-state index contributed by atoms with van der Waals surface area (Å²) in [5.74, 6) is 0.237. The highest BCUT2D eigenvalue weighted by molar-refractivity contribution is 7.18. The van der Waals surface area contributed by atoms with Crippen LogP contribution in [0.3, 0.4) is 0 Å². The van der Waals surface area contributed by atoms with Gasteiger partial charge in [-0.15, -0.1) is 11.3 Å². The lowest BCUT2D eigenvalue weighted by Crippen LogP contribution is -2.46. The van der Waals surface area contributed by atoms with Crippen LogP contribution in [-0.2, 0) is 9.59 Å². The van der Waals surface area contributed by atoms with Crippen molar-refractivity contribution < 1.29 is 19.1 Å². The first-order chi connectivity index (χ1) is 19.7. The first kappa shape index (κ1) is 27.6. The Morgan fingerprint density at radius 3 is 2.56 bits per heavy atom. The van der Waals surface area contributed by atoms with Crippen molar-refractivity contribution in [2.45, 2.75) is 44.6 Å². The minimum atomic E-state index is -0.791. The number of fused-ring (bicyclic) bond motifs is 2. The molecule has 3 N–H and O–H groups in total. The Morgan fingerprint density at radius 2 is 1.85 bits per heavy atom. The fraction of sp³-hybridized carbons (Fsp3) is 0.500. The number of hydrogen-bond donors (Lipinski definition) is 2. The Balaban J connectivity index is 1.20. The van der Waals surface area contributed by atoms with Crippen molar-refractivity contribution in [2.75, 3.05) is 39.1 Å². The van der Waals surface area contributed by atoms with Crippen molar-refractivity contribution in [3.63, 3.8) is 0 Å². The maximum Gasteiger partial charge on any atom is 0.313 e. The van der Waals surface area contributed by atoms with Crippen LogP contribution in [0.25, 0.3) is 10.2 Å². The molecule has 10 nitrogen and oxygen atoms in total. The van der Waals surface area contributed by atoms with E-state index in [0.717, 1.165) is 40.5 Å². The molecule has 2 aromatic heterocycles. The number of anilines is 1. The van der Waals surface area contributed by atoms with Crippen LogP contribution in [0, 0.1) is 17.8 Å². The maximum atomic E-state index is 13.5. The summed E-state index contributed by atoms with van der Waals surface area (Å²) in [7, 11) is 3.59. The van der Waals surface area contributed by atoms with Crippen LogP contribution in [-0.4, -0.2) is 71.3 Å². The summed E-state index contributed by atoms with van der Waals surface area (Å²) in [6.07, 6.45) is 5.48. The van der Waals surface area contributed by atoms with Gasteiger partial charge in [0, 0.05) is 25.6 Å². The Kier molecular flexibility index (Phi) is 7.41. The molecule has 2 saturated heterocycles. The summed E-state index contributed by atoms with van der Waals surface area (Å²) in [5, 5.41) is 3.81. The summed E-state index contributed by atoms with van der Waals surface area (Å²) in [5.41, 5.74) is 7.59. The second-order valence-corrected chi connectivity index (χ2v) is 13.0. The number of ether oxygens (including phenoxy) is 1. The van der Waals surface area contributed by atoms with E-state index in [0.29, 0.717) is 12.5 Å². The van der Waals surface area contributed by atoms with E-state index in [9.17, 15) is 14.4 Å². The van der Waals surface area contributed by atoms with Crippen LogP contribution >= 0.6 is 11.3 Å². The normalized spacial score (nSPS) is 26.2. The van der Waals surface area contributed by atoms with Gasteiger partial charge in [0.25, 0.3) is 5.91 Å². The van der Waals surface area contributed by atoms with Crippen LogP contribution < -0.4 is 15.8 Å². The molecule has 0 radical (unpaired) electrons. The molecule has 3 amide bonds. The zero-order chi connectivity index (χ0) is 28.8. The smallest absolute Gasteiger partial charge is 0.313 e. The van der Waals surface area contributed by atoms with Gasteiger partial charge in [0.15, 0.2) is 0 Å². The van der Waals surface area contributed by atoms with E-state index in [1.807, 2.05) is 0 Å². The number of pyridine rings is 1. The standard InChI is InChI=1S/C30H36N6O4S/c1-16-4-6-24(36(13-16)30(39)27(38)33-21-11-22(26(31)37)28(40-3)32-12-21)17-5-7-25-23(10-17)34-29(41-25)18-8-19-14-35(2)15-20(19)9-18/h5,7,10-12,16,18-20,24H,4,6,8-9,13-15H2,1-3H3,(H2,31,37)(H,33,38)/t16-,18?,19-,20+,24+/m0/s1. The van der Waals surface area contributed by atoms with Crippen molar-refractivity contribution in [3.8, 4) is 5.88 Å². The average molecular weight is 577 g/mol. The van der Waals surface area contributed by atoms with Gasteiger partial charge in [-0.1, -0.05) is 13.0 Å². The number of aromatic nitrogens is 2. The number of methoxy groups -OCH3 is 1. The third-order valence-corrected chi connectivity index (χ3v) is 10.1. The Bertz CT molecular complexity index is 1490. The zero-order valence-electron chi connectivity index (χ0n) is 23.6. The van der Waals surface area contributed by atoms with Crippen molar-refractivity contribution >= 4 is 45.0 Å². The SMILES string of the molecule is COc1ncc(NC(=O)C(=O)N2C[C@@H](C)CC[C@@H]2c2ccc3sc(C4C[C@@H]5CN(C)C[C@@H]5C4)nc3c2)cc1C(N)=O. The number of nitrogens with one attached hydrogen (secondary N) is 1. The van der Waals surface area contributed by atoms with Gasteiger partial charge in [0.05, 0.1) is 40.3 Å². The number of amides is 3. The van der Waals surface area contributed by atoms with E-state index in [1.165, 1.54) is 50.3 Å². The summed E-state index contributed by atoms with van der Waals surface area (Å²) in [6.45, 7) is 4.94. The lowest BCUT2D eigenvalue weighted by Gasteiger charge is -2.38. The van der Waals surface area contributed by atoms with E-state index >= 15 is 0 Å². The average Bonchev–Trinajstić information content (AvgIpc) is 3.64. The molecule has 1 aliphatic carbocycles. The number of likely N-dealkylation sites (tertiary alicyclic amines) is 2. The molecule has 0 bridgehead atoms. The van der Waals surface area contributed by atoms with Crippen LogP contribution in [0.5, 0.6) is 5.88 Å². The molecule has 1 unspecified atom stereocenters. The number of primary amides is 1. The second-order valence-electron chi connectivity index (χ2n) is 11.9. The van der Waals surface area contributed by atoms with Crippen molar-refractivity contribution in [2.24, 2.45) is 23.5 Å². The lowest BCUT2D eigenvalue weighted by molar-refractivity contribution is -0.146. The number of carbonyl (C=O) groups is 3. The molecule has 3 aliphatic rings. The minimum absolute atomic E-state index is 0.0197. The van der Waals surface area contributed by atoms with Crippen LogP contribution in [0.2, 0.25) is 0 Å². The van der Waals surface area contributed by atoms with Crippen LogP contribution in [0.4, 0.5) is 5.69 Å². The number of nitrogens with zero attached hydrogens (tertiary/aromatic N) is 4. The van der Waals surface area contributed by atoms with Gasteiger partial charge in [-0.2, -0.15) is 0 Å². The molecular formula is C30H36N6O4S. The Labute approximate surface area is 243 Å². The molecule has 3 aromatic rings. The topological polar surface area (TPSA) is 131 Å². The number of piperidine rings is 1. The molecule has 5 atom stereocenters. The van der Waals surface area contributed by atoms with Crippen LogP contribution in [0.1, 0.15) is 65.5 Å². The number of rotatable bonds is 5. The molecule has 11 heteroatoms. The van der Waals surface area contributed by atoms with Crippen molar-refractivity contribution in [3.05, 3.63) is 46.6 Å². The maximum absolute atomic E-state index is 13.5. The summed E-state index contributed by atoms with van der Waals surface area (Å²) >= 11 is 1.79. The molecule has 6 rings (SSSR count). The van der Waals surface area contributed by atoms with E-state index < -0.39 is 17.7 Å². The fourth-order valence-corrected chi connectivity index (χ4v) is 8.05. The van der Waals surface area contributed by atoms with Gasteiger partial charge >= 0.3 is 11.8 Å². The Hall–Kier alpha value is -3.57. The molecule has 1 aromatic carbocycles. The van der Waals surface area contributed by atoms with Gasteiger partial charge in [0.1, 0.15) is 5.56 Å². The third-order valence-electron chi connectivity index (χ3n) is 8.94. The first-order valence-electron chi connectivity index (χ1n) is 14.2. The van der Waals surface area contributed by atoms with Crippen molar-refractivity contribution in [1.82, 2.24) is 19.8 Å². The number of thiazole rings is 1. The predicted octanol–water partition coefficient (Wildman–Crippen LogP) is 3.79. The first-order valence-corrected chi connectivity index (χ1v) is 15.1. The van der Waals surface area contributed by atoms with Gasteiger partial charge in [-0.3, -0.25) is 14.4 Å². The minimum Gasteiger partial charge on any atom is -0.480 e. The van der Waals surface area contributed by atoms with Gasteiger partial charge < -0.3 is 25.6 Å². The molecular weight excluding hydrogens is 540 g/mol. The quantitative estimate of drug-likeness (QED) is 0.442. The number of benzene rings is 1. The number of nitrogens with two attached hydrogens (primary N) is 1. The highest BCUT2D eigenvalue weighted by Crippen LogP contribution is 2.47. The van der Waals surface area contributed by atoms with E-state index in [-0.39, 0.29) is 29.1 Å². The number of hydrogen-bond acceptors (Lipinski definition) is 8. The molecule has 1 saturated carbocycles. The van der Waals surface area contributed by atoms with Gasteiger partial charge in [-0.25, -0.2) is 9.97 Å². The summed E-state index contributed by atoms with van der Waals surface area (Å²) in [6, 6.07) is 7.43. The molecule has 41 heavy (non-hydrogen) atoms. The molecule has 2 aliphatic heterocycles. The fourth-order valence-electron chi connectivity index (χ4n) is 6.98. The highest BCUT2D eigenvalue weighted by atomic mass is 32.1. The molecule has 216 valence electrons. The molecule has 0 spiro atoms. The lowest BCUT2D eigenvalue weighted by atomic mass is 9.89. The van der Waals surface area contributed by atoms with E-state index in [4.69, 9.17) is 15.5 Å². The van der Waals surface area contributed by atoms with E-state index in [1.54, 1.807) is 16.2 Å². The summed E-state index contributed by atoms with van der Waals surface area (Å²) < 4.78 is 6.22. The molecule has 4 heterocycles. The van der Waals surface area contributed by atoms with Crippen molar-refractivity contribution in [1.29, 1.82) is 0 Å². The summed E-state index contributed by atoms with van der Waals surface area (Å²) in [4.78, 5) is 51.6. The molecule has 3 fully saturated rings. The third kappa shape index (κ3) is 5.40.